The smallest absolute Gasteiger partial charge is 0.315 e. The molecule has 3 aliphatic rings. The van der Waals surface area contributed by atoms with Gasteiger partial charge in [0, 0.05) is 37.2 Å². The average molecular weight is 303 g/mol. The largest absolute Gasteiger partial charge is 0.469 e. The summed E-state index contributed by atoms with van der Waals surface area (Å²) in [6, 6.07) is 3.24. The third-order valence-corrected chi connectivity index (χ3v) is 5.29. The second kappa shape index (κ2) is 5.95. The molecule has 2 heterocycles. The Bertz CT molecular complexity index is 530. The zero-order valence-corrected chi connectivity index (χ0v) is 13.0. The van der Waals surface area contributed by atoms with Crippen molar-refractivity contribution in [2.24, 2.45) is 0 Å². The number of aryl methyl sites for hydroxylation is 1. The number of hydrogen-bond donors (Lipinski definition) is 2. The Labute approximate surface area is 131 Å². The first kappa shape index (κ1) is 14.1. The number of hydrogen-bond acceptors (Lipinski definition) is 3. The van der Waals surface area contributed by atoms with Crippen molar-refractivity contribution in [1.29, 1.82) is 0 Å². The number of carbonyl (C=O) groups is 1. The van der Waals surface area contributed by atoms with Gasteiger partial charge in [0.2, 0.25) is 0 Å². The van der Waals surface area contributed by atoms with Gasteiger partial charge >= 0.3 is 6.03 Å². The Morgan fingerprint density at radius 3 is 2.73 bits per heavy atom. The van der Waals surface area contributed by atoms with Crippen LogP contribution in [-0.4, -0.2) is 36.1 Å². The molecule has 2 amide bonds. The lowest BCUT2D eigenvalue weighted by atomic mass is 9.93. The minimum atomic E-state index is -0.0241. The minimum Gasteiger partial charge on any atom is -0.469 e. The summed E-state index contributed by atoms with van der Waals surface area (Å²) in [5, 5.41) is 6.29. The van der Waals surface area contributed by atoms with Crippen LogP contribution in [-0.2, 0) is 6.42 Å². The lowest BCUT2D eigenvalue weighted by Crippen LogP contribution is -2.49. The third-order valence-electron chi connectivity index (χ3n) is 5.29. The number of rotatable bonds is 3. The van der Waals surface area contributed by atoms with E-state index >= 15 is 0 Å². The Morgan fingerprint density at radius 2 is 1.95 bits per heavy atom. The minimum absolute atomic E-state index is 0.0241. The molecule has 4 rings (SSSR count). The van der Waals surface area contributed by atoms with E-state index in [1.807, 2.05) is 6.07 Å². The van der Waals surface area contributed by atoms with Gasteiger partial charge in [0.25, 0.3) is 0 Å². The number of nitrogens with zero attached hydrogens (tertiary/aromatic N) is 1. The summed E-state index contributed by atoms with van der Waals surface area (Å²) in [6.07, 6.45) is 9.68. The summed E-state index contributed by atoms with van der Waals surface area (Å²) < 4.78 is 5.48. The van der Waals surface area contributed by atoms with E-state index in [4.69, 9.17) is 4.42 Å². The van der Waals surface area contributed by atoms with Gasteiger partial charge in [-0.15, -0.1) is 0 Å². The van der Waals surface area contributed by atoms with Gasteiger partial charge in [-0.25, -0.2) is 4.79 Å². The van der Waals surface area contributed by atoms with Crippen molar-refractivity contribution in [2.45, 2.75) is 63.1 Å². The van der Waals surface area contributed by atoms with Crippen LogP contribution < -0.4 is 10.6 Å². The zero-order valence-electron chi connectivity index (χ0n) is 13.0. The van der Waals surface area contributed by atoms with Crippen molar-refractivity contribution in [3.05, 3.63) is 23.7 Å². The number of carbonyl (C=O) groups excluding carboxylic acids is 1. The fourth-order valence-electron chi connectivity index (χ4n) is 3.87. The van der Waals surface area contributed by atoms with Gasteiger partial charge < -0.3 is 20.0 Å². The number of likely N-dealkylation sites (tertiary alicyclic amines) is 1. The molecule has 2 N–H and O–H groups in total. The molecule has 2 aliphatic carbocycles. The molecule has 1 aromatic rings. The number of piperidine rings is 1. The van der Waals surface area contributed by atoms with E-state index in [-0.39, 0.29) is 12.1 Å². The molecule has 5 heteroatoms. The van der Waals surface area contributed by atoms with Crippen LogP contribution in [0.2, 0.25) is 0 Å². The van der Waals surface area contributed by atoms with Crippen LogP contribution in [0, 0.1) is 0 Å². The van der Waals surface area contributed by atoms with E-state index in [1.54, 1.807) is 6.26 Å². The van der Waals surface area contributed by atoms with Gasteiger partial charge in [-0.05, 0) is 44.6 Å². The predicted molar refractivity (Wildman–Crippen MR) is 83.7 cm³/mol. The molecule has 2 fully saturated rings. The van der Waals surface area contributed by atoms with Gasteiger partial charge in [0.15, 0.2) is 0 Å². The first-order valence-electron chi connectivity index (χ1n) is 8.67. The van der Waals surface area contributed by atoms with Crippen LogP contribution in [0.3, 0.4) is 0 Å². The summed E-state index contributed by atoms with van der Waals surface area (Å²) in [7, 11) is 0. The maximum Gasteiger partial charge on any atom is 0.315 e. The first-order chi connectivity index (χ1) is 10.8. The first-order valence-corrected chi connectivity index (χ1v) is 8.67. The lowest BCUT2D eigenvalue weighted by Gasteiger charge is -2.33. The molecule has 0 aromatic carbocycles. The highest BCUT2D eigenvalue weighted by atomic mass is 16.3. The van der Waals surface area contributed by atoms with Gasteiger partial charge in [-0.3, -0.25) is 0 Å². The molecule has 1 unspecified atom stereocenters. The highest BCUT2D eigenvalue weighted by Crippen LogP contribution is 2.31. The summed E-state index contributed by atoms with van der Waals surface area (Å²) in [5.41, 5.74) is 1.16. The molecule has 0 bridgehead atoms. The van der Waals surface area contributed by atoms with Crippen molar-refractivity contribution in [3.8, 4) is 0 Å². The molecule has 1 aliphatic heterocycles. The van der Waals surface area contributed by atoms with Gasteiger partial charge in [-0.2, -0.15) is 0 Å². The molecule has 22 heavy (non-hydrogen) atoms. The highest BCUT2D eigenvalue weighted by molar-refractivity contribution is 5.74. The number of nitrogens with one attached hydrogen (secondary N) is 2. The number of urea groups is 1. The third kappa shape index (κ3) is 3.00. The maximum absolute atomic E-state index is 12.3. The second-order valence-corrected chi connectivity index (χ2v) is 6.90. The van der Waals surface area contributed by atoms with Crippen LogP contribution in [0.15, 0.2) is 16.7 Å². The molecule has 1 saturated heterocycles. The Hall–Kier alpha value is -1.49. The molecular formula is C17H25N3O2. The summed E-state index contributed by atoms with van der Waals surface area (Å²) >= 11 is 0. The molecule has 0 spiro atoms. The topological polar surface area (TPSA) is 57.5 Å². The molecular weight excluding hydrogens is 278 g/mol. The number of furan rings is 1. The Kier molecular flexibility index (Phi) is 3.82. The van der Waals surface area contributed by atoms with Crippen molar-refractivity contribution >= 4 is 6.03 Å². The number of fused-ring (bicyclic) bond motifs is 1. The molecule has 5 nitrogen and oxygen atoms in total. The van der Waals surface area contributed by atoms with Crippen molar-refractivity contribution in [2.75, 3.05) is 13.1 Å². The van der Waals surface area contributed by atoms with Crippen molar-refractivity contribution in [3.63, 3.8) is 0 Å². The van der Waals surface area contributed by atoms with Gasteiger partial charge in [0.1, 0.15) is 5.76 Å². The quantitative estimate of drug-likeness (QED) is 0.902. The predicted octanol–water partition coefficient (Wildman–Crippen LogP) is 2.58. The number of amides is 2. The molecule has 1 aromatic heterocycles. The van der Waals surface area contributed by atoms with Crippen LogP contribution in [0.5, 0.6) is 0 Å². The van der Waals surface area contributed by atoms with E-state index < -0.39 is 0 Å². The van der Waals surface area contributed by atoms with Crippen molar-refractivity contribution in [1.82, 2.24) is 15.5 Å². The zero-order chi connectivity index (χ0) is 14.9. The van der Waals surface area contributed by atoms with Crippen molar-refractivity contribution < 1.29 is 9.21 Å². The standard InChI is InChI=1S/C17H25N3O2/c21-17(18-12-6-9-20(10-7-12)13-4-5-13)19-15-2-1-3-16-14(15)8-11-22-16/h8,11-13,15H,1-7,9-10H2,(H2,18,19,21). The fourth-order valence-corrected chi connectivity index (χ4v) is 3.87. The average Bonchev–Trinajstić information content (AvgIpc) is 3.25. The van der Waals surface area contributed by atoms with Gasteiger partial charge in [-0.1, -0.05) is 0 Å². The Morgan fingerprint density at radius 1 is 1.14 bits per heavy atom. The normalized spacial score (nSPS) is 26.5. The summed E-state index contributed by atoms with van der Waals surface area (Å²) in [4.78, 5) is 14.9. The van der Waals surface area contributed by atoms with Crippen LogP contribution >= 0.6 is 0 Å². The Balaban J connectivity index is 1.27. The lowest BCUT2D eigenvalue weighted by molar-refractivity contribution is 0.184. The highest BCUT2D eigenvalue weighted by Gasteiger charge is 2.32. The van der Waals surface area contributed by atoms with E-state index in [0.717, 1.165) is 62.6 Å². The van der Waals surface area contributed by atoms with Crippen LogP contribution in [0.4, 0.5) is 4.79 Å². The molecule has 0 radical (unpaired) electrons. The van der Waals surface area contributed by atoms with Gasteiger partial charge in [0.05, 0.1) is 12.3 Å². The monoisotopic (exact) mass is 303 g/mol. The van der Waals surface area contributed by atoms with Crippen LogP contribution in [0.1, 0.15) is 55.9 Å². The SMILES string of the molecule is O=C(NC1CCN(C2CC2)CC1)NC1CCCc2occc21. The molecule has 1 saturated carbocycles. The van der Waals surface area contributed by atoms with E-state index in [1.165, 1.54) is 12.8 Å². The fraction of sp³-hybridized carbons (Fsp3) is 0.706. The van der Waals surface area contributed by atoms with E-state index in [9.17, 15) is 4.79 Å². The van der Waals surface area contributed by atoms with E-state index in [2.05, 4.69) is 15.5 Å². The van der Waals surface area contributed by atoms with Crippen LogP contribution in [0.25, 0.3) is 0 Å². The summed E-state index contributed by atoms with van der Waals surface area (Å²) in [6.45, 7) is 2.26. The molecule has 120 valence electrons. The summed E-state index contributed by atoms with van der Waals surface area (Å²) in [5.74, 6) is 1.04. The maximum atomic E-state index is 12.3. The second-order valence-electron chi connectivity index (χ2n) is 6.90. The van der Waals surface area contributed by atoms with E-state index in [0.29, 0.717) is 6.04 Å². The molecule has 1 atom stereocenters.